The van der Waals surface area contributed by atoms with Gasteiger partial charge in [-0.2, -0.15) is 13.2 Å². The van der Waals surface area contributed by atoms with E-state index in [1.807, 2.05) is 0 Å². The van der Waals surface area contributed by atoms with E-state index in [0.717, 1.165) is 18.3 Å². The number of benzene rings is 1. The Kier molecular flexibility index (Phi) is 3.41. The summed E-state index contributed by atoms with van der Waals surface area (Å²) in [4.78, 5) is -0.156. The molecule has 1 aromatic carbocycles. The highest BCUT2D eigenvalue weighted by Crippen LogP contribution is 2.32. The van der Waals surface area contributed by atoms with Crippen LogP contribution in [0.25, 0.3) is 0 Å². The number of aromatic nitrogens is 1. The quantitative estimate of drug-likeness (QED) is 0.853. The van der Waals surface area contributed by atoms with Gasteiger partial charge in [0.15, 0.2) is 0 Å². The lowest BCUT2D eigenvalue weighted by atomic mass is 10.2. The first-order valence-electron chi connectivity index (χ1n) is 5.71. The van der Waals surface area contributed by atoms with Crippen molar-refractivity contribution in [2.24, 2.45) is 0 Å². The lowest BCUT2D eigenvalue weighted by Gasteiger charge is -2.13. The van der Waals surface area contributed by atoms with Gasteiger partial charge in [-0.25, -0.2) is 12.4 Å². The molecule has 0 aliphatic heterocycles. The summed E-state index contributed by atoms with van der Waals surface area (Å²) in [6.45, 7) is 3.37. The summed E-state index contributed by atoms with van der Waals surface area (Å²) in [6, 6.07) is 6.24. The van der Waals surface area contributed by atoms with Gasteiger partial charge in [-0.15, -0.1) is 0 Å². The number of aryl methyl sites for hydroxylation is 2. The van der Waals surface area contributed by atoms with Crippen molar-refractivity contribution in [3.63, 3.8) is 0 Å². The minimum Gasteiger partial charge on any atom is -0.237 e. The van der Waals surface area contributed by atoms with Crippen molar-refractivity contribution in [1.82, 2.24) is 3.97 Å². The van der Waals surface area contributed by atoms with Gasteiger partial charge in [0.1, 0.15) is 5.69 Å². The number of halogens is 3. The predicted molar refractivity (Wildman–Crippen MR) is 67.9 cm³/mol. The first-order chi connectivity index (χ1) is 9.12. The van der Waals surface area contributed by atoms with Crippen molar-refractivity contribution in [2.45, 2.75) is 24.9 Å². The van der Waals surface area contributed by atoms with E-state index >= 15 is 0 Å². The zero-order valence-corrected chi connectivity index (χ0v) is 11.6. The smallest absolute Gasteiger partial charge is 0.237 e. The fourth-order valence-electron chi connectivity index (χ4n) is 1.99. The minimum absolute atomic E-state index is 0.156. The van der Waals surface area contributed by atoms with Gasteiger partial charge in [-0.05, 0) is 49.2 Å². The summed E-state index contributed by atoms with van der Waals surface area (Å²) < 4.78 is 63.3. The molecule has 0 unspecified atom stereocenters. The molecule has 0 N–H and O–H groups in total. The molecule has 0 bridgehead atoms. The molecular weight excluding hydrogens is 291 g/mol. The van der Waals surface area contributed by atoms with Crippen molar-refractivity contribution >= 4 is 10.0 Å². The molecule has 0 aliphatic rings. The average molecular weight is 303 g/mol. The average Bonchev–Trinajstić information content (AvgIpc) is 2.76. The van der Waals surface area contributed by atoms with Gasteiger partial charge in [-0.3, -0.25) is 0 Å². The Balaban J connectivity index is 2.65. The molecule has 3 nitrogen and oxygen atoms in total. The van der Waals surface area contributed by atoms with E-state index in [9.17, 15) is 21.6 Å². The van der Waals surface area contributed by atoms with E-state index in [4.69, 9.17) is 0 Å². The zero-order chi connectivity index (χ0) is 15.1. The Morgan fingerprint density at radius 1 is 1.05 bits per heavy atom. The van der Waals surface area contributed by atoms with Crippen molar-refractivity contribution in [2.75, 3.05) is 0 Å². The molecule has 1 aromatic heterocycles. The monoisotopic (exact) mass is 303 g/mol. The summed E-state index contributed by atoms with van der Waals surface area (Å²) in [5.41, 5.74) is 0.130. The van der Waals surface area contributed by atoms with Crippen LogP contribution >= 0.6 is 0 Å². The Bertz CT molecular complexity index is 725. The third-order valence-electron chi connectivity index (χ3n) is 2.76. The van der Waals surface area contributed by atoms with E-state index in [-0.39, 0.29) is 8.87 Å². The van der Waals surface area contributed by atoms with Crippen LogP contribution in [0.4, 0.5) is 13.2 Å². The molecule has 0 atom stereocenters. The van der Waals surface area contributed by atoms with Gasteiger partial charge in [0, 0.05) is 6.20 Å². The van der Waals surface area contributed by atoms with E-state index < -0.39 is 21.9 Å². The van der Waals surface area contributed by atoms with Gasteiger partial charge in [-0.1, -0.05) is 6.07 Å². The second kappa shape index (κ2) is 4.66. The van der Waals surface area contributed by atoms with Crippen molar-refractivity contribution < 1.29 is 21.6 Å². The molecule has 2 aromatic rings. The summed E-state index contributed by atoms with van der Waals surface area (Å²) in [5, 5.41) is 0. The van der Waals surface area contributed by atoms with E-state index in [2.05, 4.69) is 0 Å². The number of nitrogens with zero attached hydrogens (tertiary/aromatic N) is 1. The summed E-state index contributed by atoms with van der Waals surface area (Å²) in [6.07, 6.45) is -3.83. The number of rotatable bonds is 2. The van der Waals surface area contributed by atoms with Crippen molar-refractivity contribution in [3.05, 3.63) is 53.3 Å². The molecule has 1 heterocycles. The van der Waals surface area contributed by atoms with Gasteiger partial charge >= 0.3 is 6.18 Å². The molecule has 0 spiro atoms. The van der Waals surface area contributed by atoms with Crippen LogP contribution in [0.2, 0.25) is 0 Å². The molecule has 108 valence electrons. The maximum atomic E-state index is 12.8. The SMILES string of the molecule is Cc1cc(C)cc(S(=O)(=O)n2cccc2C(F)(F)F)c1. The highest BCUT2D eigenvalue weighted by molar-refractivity contribution is 7.90. The number of hydrogen-bond donors (Lipinski definition) is 0. The van der Waals surface area contributed by atoms with Crippen LogP contribution in [-0.4, -0.2) is 12.4 Å². The second-order valence-electron chi connectivity index (χ2n) is 4.52. The first-order valence-corrected chi connectivity index (χ1v) is 7.15. The predicted octanol–water partition coefficient (Wildman–Crippen LogP) is 3.36. The third kappa shape index (κ3) is 2.58. The zero-order valence-electron chi connectivity index (χ0n) is 10.8. The fourth-order valence-corrected chi connectivity index (χ4v) is 3.54. The van der Waals surface area contributed by atoms with Gasteiger partial charge in [0.2, 0.25) is 0 Å². The number of alkyl halides is 3. The van der Waals surface area contributed by atoms with Gasteiger partial charge in [0.05, 0.1) is 4.90 Å². The van der Waals surface area contributed by atoms with Crippen LogP contribution in [0, 0.1) is 13.8 Å². The standard InChI is InChI=1S/C13H12F3NO2S/c1-9-6-10(2)8-11(7-9)20(18,19)17-5-3-4-12(17)13(14,15)16/h3-8H,1-2H3. The topological polar surface area (TPSA) is 39.1 Å². The van der Waals surface area contributed by atoms with Crippen LogP contribution in [-0.2, 0) is 16.2 Å². The molecule has 0 saturated heterocycles. The lowest BCUT2D eigenvalue weighted by Crippen LogP contribution is -2.20. The first kappa shape index (κ1) is 14.6. The molecule has 0 fully saturated rings. The Morgan fingerprint density at radius 3 is 2.10 bits per heavy atom. The van der Waals surface area contributed by atoms with Crippen LogP contribution in [0.5, 0.6) is 0 Å². The maximum Gasteiger partial charge on any atom is 0.432 e. The Labute approximate surface area is 114 Å². The lowest BCUT2D eigenvalue weighted by molar-refractivity contribution is -0.141. The number of hydrogen-bond acceptors (Lipinski definition) is 2. The molecule has 0 radical (unpaired) electrons. The summed E-state index contributed by atoms with van der Waals surface area (Å²) >= 11 is 0. The van der Waals surface area contributed by atoms with Crippen LogP contribution < -0.4 is 0 Å². The van der Waals surface area contributed by atoms with Crippen molar-refractivity contribution in [3.8, 4) is 0 Å². The van der Waals surface area contributed by atoms with E-state index in [0.29, 0.717) is 11.1 Å². The highest BCUT2D eigenvalue weighted by Gasteiger charge is 2.37. The van der Waals surface area contributed by atoms with Crippen LogP contribution in [0.1, 0.15) is 16.8 Å². The van der Waals surface area contributed by atoms with Crippen molar-refractivity contribution in [1.29, 1.82) is 0 Å². The highest BCUT2D eigenvalue weighted by atomic mass is 32.2. The molecule has 0 aliphatic carbocycles. The molecular formula is C13H12F3NO2S. The van der Waals surface area contributed by atoms with E-state index in [1.165, 1.54) is 12.1 Å². The van der Waals surface area contributed by atoms with Crippen LogP contribution in [0.3, 0.4) is 0 Å². The third-order valence-corrected chi connectivity index (χ3v) is 4.42. The van der Waals surface area contributed by atoms with Gasteiger partial charge < -0.3 is 0 Å². The molecule has 0 amide bonds. The Morgan fingerprint density at radius 2 is 1.60 bits per heavy atom. The van der Waals surface area contributed by atoms with Gasteiger partial charge in [0.25, 0.3) is 10.0 Å². The second-order valence-corrected chi connectivity index (χ2v) is 6.33. The summed E-state index contributed by atoms with van der Waals surface area (Å²) in [7, 11) is -4.26. The molecule has 7 heteroatoms. The molecule has 20 heavy (non-hydrogen) atoms. The molecule has 0 saturated carbocycles. The van der Waals surface area contributed by atoms with Crippen LogP contribution in [0.15, 0.2) is 41.4 Å². The molecule has 2 rings (SSSR count). The normalized spacial score (nSPS) is 12.7. The minimum atomic E-state index is -4.73. The maximum absolute atomic E-state index is 12.8. The Hall–Kier alpha value is -1.76. The summed E-state index contributed by atoms with van der Waals surface area (Å²) in [5.74, 6) is 0. The van der Waals surface area contributed by atoms with E-state index in [1.54, 1.807) is 19.9 Å². The largest absolute Gasteiger partial charge is 0.432 e. The fraction of sp³-hybridized carbons (Fsp3) is 0.231.